The molecular formula is C15H13BrFNOS. The minimum absolute atomic E-state index is 0.0238. The summed E-state index contributed by atoms with van der Waals surface area (Å²) in [5.41, 5.74) is 0.722. The van der Waals surface area contributed by atoms with Gasteiger partial charge in [0, 0.05) is 9.37 Å². The molecule has 5 heteroatoms. The number of halogens is 2. The van der Waals surface area contributed by atoms with Crippen LogP contribution in [-0.4, -0.2) is 11.7 Å². The van der Waals surface area contributed by atoms with Crippen LogP contribution in [0.15, 0.2) is 51.8 Å². The van der Waals surface area contributed by atoms with Crippen molar-refractivity contribution < 1.29 is 9.18 Å². The van der Waals surface area contributed by atoms with E-state index >= 15 is 0 Å². The molecule has 0 saturated heterocycles. The van der Waals surface area contributed by atoms with Crippen LogP contribution in [0.1, 0.15) is 17.3 Å². The van der Waals surface area contributed by atoms with Gasteiger partial charge in [-0.05, 0) is 36.1 Å². The highest BCUT2D eigenvalue weighted by atomic mass is 79.9. The maximum Gasteiger partial charge on any atom is 0.258 e. The Hall–Kier alpha value is -1.33. The minimum atomic E-state index is -0.536. The van der Waals surface area contributed by atoms with Crippen LogP contribution in [0.5, 0.6) is 0 Å². The summed E-state index contributed by atoms with van der Waals surface area (Å²) in [6.45, 7) is 2.04. The Kier molecular flexibility index (Phi) is 5.20. The van der Waals surface area contributed by atoms with Gasteiger partial charge in [-0.1, -0.05) is 35.0 Å². The van der Waals surface area contributed by atoms with E-state index < -0.39 is 11.7 Å². The van der Waals surface area contributed by atoms with Crippen LogP contribution < -0.4 is 5.32 Å². The van der Waals surface area contributed by atoms with Gasteiger partial charge in [-0.25, -0.2) is 4.39 Å². The van der Waals surface area contributed by atoms with E-state index in [1.165, 1.54) is 12.1 Å². The van der Waals surface area contributed by atoms with Crippen LogP contribution in [0.3, 0.4) is 0 Å². The van der Waals surface area contributed by atoms with E-state index in [1.807, 2.05) is 31.2 Å². The number of carbonyl (C=O) groups is 1. The summed E-state index contributed by atoms with van der Waals surface area (Å²) < 4.78 is 14.4. The molecule has 0 aliphatic carbocycles. The van der Waals surface area contributed by atoms with E-state index in [-0.39, 0.29) is 5.56 Å². The molecule has 0 bridgehead atoms. The van der Waals surface area contributed by atoms with Crippen molar-refractivity contribution in [3.63, 3.8) is 0 Å². The van der Waals surface area contributed by atoms with Crippen molar-refractivity contribution in [3.8, 4) is 0 Å². The number of carbonyl (C=O) groups excluding carboxylic acids is 1. The number of nitrogens with one attached hydrogen (secondary N) is 1. The summed E-state index contributed by atoms with van der Waals surface area (Å²) in [5, 5.41) is 2.76. The smallest absolute Gasteiger partial charge is 0.258 e. The van der Waals surface area contributed by atoms with E-state index in [0.717, 1.165) is 10.6 Å². The molecule has 0 spiro atoms. The Morgan fingerprint density at radius 3 is 2.80 bits per heavy atom. The monoisotopic (exact) mass is 353 g/mol. The van der Waals surface area contributed by atoms with Crippen LogP contribution in [0, 0.1) is 5.82 Å². The molecule has 1 amide bonds. The molecule has 2 aromatic rings. The van der Waals surface area contributed by atoms with Crippen molar-refractivity contribution >= 4 is 39.3 Å². The lowest BCUT2D eigenvalue weighted by Crippen LogP contribution is -2.14. The molecular weight excluding hydrogens is 341 g/mol. The topological polar surface area (TPSA) is 29.1 Å². The number of rotatable bonds is 4. The molecule has 0 saturated carbocycles. The zero-order valence-electron chi connectivity index (χ0n) is 10.8. The summed E-state index contributed by atoms with van der Waals surface area (Å²) in [7, 11) is 0. The molecule has 0 heterocycles. The summed E-state index contributed by atoms with van der Waals surface area (Å²) in [6, 6.07) is 11.8. The Labute approximate surface area is 129 Å². The second kappa shape index (κ2) is 6.90. The first-order valence-corrected chi connectivity index (χ1v) is 7.88. The van der Waals surface area contributed by atoms with Gasteiger partial charge >= 0.3 is 0 Å². The van der Waals surface area contributed by atoms with Crippen LogP contribution in [0.25, 0.3) is 0 Å². The Bertz CT molecular complexity index is 633. The number of amides is 1. The van der Waals surface area contributed by atoms with E-state index in [4.69, 9.17) is 0 Å². The van der Waals surface area contributed by atoms with E-state index in [1.54, 1.807) is 17.8 Å². The van der Waals surface area contributed by atoms with Gasteiger partial charge in [-0.2, -0.15) is 0 Å². The van der Waals surface area contributed by atoms with Gasteiger partial charge in [0.1, 0.15) is 5.82 Å². The fourth-order valence-electron chi connectivity index (χ4n) is 1.71. The van der Waals surface area contributed by atoms with Gasteiger partial charge in [-0.15, -0.1) is 11.8 Å². The second-order valence-corrected chi connectivity index (χ2v) is 6.23. The summed E-state index contributed by atoms with van der Waals surface area (Å²) in [6.07, 6.45) is 0. The first-order valence-electron chi connectivity index (χ1n) is 6.10. The molecule has 0 fully saturated rings. The number of benzene rings is 2. The van der Waals surface area contributed by atoms with Crippen molar-refractivity contribution in [1.29, 1.82) is 0 Å². The summed E-state index contributed by atoms with van der Waals surface area (Å²) in [4.78, 5) is 13.1. The van der Waals surface area contributed by atoms with Gasteiger partial charge < -0.3 is 5.32 Å². The average Bonchev–Trinajstić information content (AvgIpc) is 2.44. The number of anilines is 1. The van der Waals surface area contributed by atoms with Crippen molar-refractivity contribution in [1.82, 2.24) is 0 Å². The first-order chi connectivity index (χ1) is 9.61. The zero-order valence-corrected chi connectivity index (χ0v) is 13.2. The molecule has 2 aromatic carbocycles. The van der Waals surface area contributed by atoms with Crippen LogP contribution in [0.4, 0.5) is 10.1 Å². The summed E-state index contributed by atoms with van der Waals surface area (Å²) >= 11 is 4.87. The van der Waals surface area contributed by atoms with Crippen LogP contribution in [-0.2, 0) is 0 Å². The van der Waals surface area contributed by atoms with Gasteiger partial charge in [-0.3, -0.25) is 4.79 Å². The van der Waals surface area contributed by atoms with Crippen molar-refractivity contribution in [2.24, 2.45) is 0 Å². The molecule has 2 nitrogen and oxygen atoms in total. The molecule has 0 atom stereocenters. The lowest BCUT2D eigenvalue weighted by molar-refractivity contribution is 0.102. The van der Waals surface area contributed by atoms with Crippen LogP contribution in [0.2, 0.25) is 0 Å². The Morgan fingerprint density at radius 1 is 1.30 bits per heavy atom. The van der Waals surface area contributed by atoms with Crippen molar-refractivity contribution in [2.75, 3.05) is 11.1 Å². The molecule has 0 radical (unpaired) electrons. The van der Waals surface area contributed by atoms with E-state index in [9.17, 15) is 9.18 Å². The third-order valence-corrected chi connectivity index (χ3v) is 4.06. The highest BCUT2D eigenvalue weighted by molar-refractivity contribution is 9.10. The third kappa shape index (κ3) is 3.61. The highest BCUT2D eigenvalue weighted by Crippen LogP contribution is 2.27. The third-order valence-electron chi connectivity index (χ3n) is 2.61. The zero-order chi connectivity index (χ0) is 14.5. The second-order valence-electron chi connectivity index (χ2n) is 4.01. The minimum Gasteiger partial charge on any atom is -0.321 e. The fourth-order valence-corrected chi connectivity index (χ4v) is 2.83. The predicted molar refractivity (Wildman–Crippen MR) is 84.9 cm³/mol. The van der Waals surface area contributed by atoms with Crippen LogP contribution >= 0.6 is 27.7 Å². The van der Waals surface area contributed by atoms with Gasteiger partial charge in [0.15, 0.2) is 0 Å². The van der Waals surface area contributed by atoms with Crippen molar-refractivity contribution in [2.45, 2.75) is 11.8 Å². The lowest BCUT2D eigenvalue weighted by Gasteiger charge is -2.10. The standard InChI is InChI=1S/C15H13BrFNOS/c1-2-20-14-6-4-3-5-13(14)18-15(19)11-9-10(16)7-8-12(11)17/h3-9H,2H2,1H3,(H,18,19). The maximum absolute atomic E-state index is 13.7. The summed E-state index contributed by atoms with van der Waals surface area (Å²) in [5.74, 6) is -0.0859. The van der Waals surface area contributed by atoms with E-state index in [2.05, 4.69) is 21.2 Å². The first kappa shape index (κ1) is 15.1. The SMILES string of the molecule is CCSc1ccccc1NC(=O)c1cc(Br)ccc1F. The largest absolute Gasteiger partial charge is 0.321 e. The van der Waals surface area contributed by atoms with E-state index in [0.29, 0.717) is 10.2 Å². The predicted octanol–water partition coefficient (Wildman–Crippen LogP) is 4.95. The quantitative estimate of drug-likeness (QED) is 0.787. The number of hydrogen-bond acceptors (Lipinski definition) is 2. The Morgan fingerprint density at radius 2 is 2.05 bits per heavy atom. The average molecular weight is 354 g/mol. The number of para-hydroxylation sites is 1. The maximum atomic E-state index is 13.7. The fraction of sp³-hybridized carbons (Fsp3) is 0.133. The molecule has 0 aliphatic rings. The normalized spacial score (nSPS) is 10.3. The number of thioether (sulfide) groups is 1. The van der Waals surface area contributed by atoms with Gasteiger partial charge in [0.2, 0.25) is 0 Å². The molecule has 20 heavy (non-hydrogen) atoms. The highest BCUT2D eigenvalue weighted by Gasteiger charge is 2.13. The van der Waals surface area contributed by atoms with Gasteiger partial charge in [0.05, 0.1) is 11.3 Å². The van der Waals surface area contributed by atoms with Gasteiger partial charge in [0.25, 0.3) is 5.91 Å². The molecule has 0 unspecified atom stereocenters. The van der Waals surface area contributed by atoms with Crippen molar-refractivity contribution in [3.05, 3.63) is 58.3 Å². The Balaban J connectivity index is 2.26. The lowest BCUT2D eigenvalue weighted by atomic mass is 10.2. The molecule has 2 rings (SSSR count). The molecule has 0 aliphatic heterocycles. The molecule has 104 valence electrons. The molecule has 0 aromatic heterocycles. The number of hydrogen-bond donors (Lipinski definition) is 1. The molecule has 1 N–H and O–H groups in total.